The third-order valence-corrected chi connectivity index (χ3v) is 16.3. The Hall–Kier alpha value is -1.47. The van der Waals surface area contributed by atoms with E-state index in [1.165, 1.54) is 0 Å². The van der Waals surface area contributed by atoms with E-state index in [0.717, 1.165) is 44.1 Å². The Labute approximate surface area is 347 Å². The molecular weight excluding hydrogens is 796 g/mol. The van der Waals surface area contributed by atoms with E-state index in [4.69, 9.17) is 33.2 Å². The first-order chi connectivity index (χ1) is 28.4. The van der Waals surface area contributed by atoms with Gasteiger partial charge >= 0.3 is 5.97 Å². The van der Waals surface area contributed by atoms with Gasteiger partial charge in [0.15, 0.2) is 18.9 Å². The Morgan fingerprint density at radius 3 is 1.80 bits per heavy atom. The van der Waals surface area contributed by atoms with Crippen LogP contribution in [-0.2, 0) is 38.0 Å². The van der Waals surface area contributed by atoms with Crippen molar-refractivity contribution in [3.63, 3.8) is 0 Å². The fourth-order valence-corrected chi connectivity index (χ4v) is 12.6. The molecule has 7 fully saturated rings. The van der Waals surface area contributed by atoms with Crippen molar-refractivity contribution in [1.29, 1.82) is 0 Å². The van der Waals surface area contributed by atoms with Gasteiger partial charge in [0, 0.05) is 11.5 Å². The van der Waals surface area contributed by atoms with Crippen LogP contribution in [0, 0.1) is 34.5 Å². The number of hydrogen-bond donors (Lipinski definition) is 11. The van der Waals surface area contributed by atoms with Crippen molar-refractivity contribution in [2.45, 2.75) is 175 Å². The van der Waals surface area contributed by atoms with E-state index in [-0.39, 0.29) is 40.7 Å². The van der Waals surface area contributed by atoms with Crippen molar-refractivity contribution in [2.24, 2.45) is 34.5 Å². The summed E-state index contributed by atoms with van der Waals surface area (Å²) in [6.45, 7) is 3.04. The van der Waals surface area contributed by atoms with E-state index in [0.29, 0.717) is 31.8 Å². The van der Waals surface area contributed by atoms with Crippen molar-refractivity contribution in [3.05, 3.63) is 11.6 Å². The minimum atomic E-state index is -1.81. The number of aliphatic hydroxyl groups is 11. The summed E-state index contributed by atoms with van der Waals surface area (Å²) in [5, 5.41) is 117. The number of fused-ring (bicyclic) bond motifs is 5. The van der Waals surface area contributed by atoms with Crippen molar-refractivity contribution < 1.29 is 94.1 Å². The Morgan fingerprint density at radius 1 is 0.650 bits per heavy atom. The van der Waals surface area contributed by atoms with Crippen LogP contribution >= 0.6 is 0 Å². The van der Waals surface area contributed by atoms with Crippen molar-refractivity contribution in [2.75, 3.05) is 26.4 Å². The molecule has 11 N–H and O–H groups in total. The van der Waals surface area contributed by atoms with Crippen molar-refractivity contribution in [3.8, 4) is 0 Å². The summed E-state index contributed by atoms with van der Waals surface area (Å²) >= 11 is 0. The molecule has 4 saturated carbocycles. The highest BCUT2D eigenvalue weighted by atomic mass is 16.7. The molecule has 3 saturated heterocycles. The number of carbonyl (C=O) groups is 1. The molecule has 0 aromatic rings. The normalized spacial score (nSPS) is 54.4. The predicted octanol–water partition coefficient (Wildman–Crippen LogP) is -2.92. The minimum absolute atomic E-state index is 0.0571. The Balaban J connectivity index is 0.864. The zero-order chi connectivity index (χ0) is 43.1. The first-order valence-electron chi connectivity index (χ1n) is 21.6. The smallest absolute Gasteiger partial charge is 0.331 e. The molecule has 0 radical (unpaired) electrons. The summed E-state index contributed by atoms with van der Waals surface area (Å²) in [5.41, 5.74) is -0.244. The van der Waals surface area contributed by atoms with Gasteiger partial charge in [-0.25, -0.2) is 4.79 Å². The van der Waals surface area contributed by atoms with Gasteiger partial charge in [-0.15, -0.1) is 0 Å². The van der Waals surface area contributed by atoms with E-state index in [9.17, 15) is 61.0 Å². The maximum absolute atomic E-state index is 12.6. The summed E-state index contributed by atoms with van der Waals surface area (Å²) in [7, 11) is 0. The third-order valence-electron chi connectivity index (χ3n) is 16.3. The van der Waals surface area contributed by atoms with Crippen LogP contribution < -0.4 is 0 Å². The number of cyclic esters (lactones) is 1. The Kier molecular flexibility index (Phi) is 12.9. The van der Waals surface area contributed by atoms with Crippen molar-refractivity contribution >= 4 is 5.97 Å². The summed E-state index contributed by atoms with van der Waals surface area (Å²) in [6, 6.07) is 0. The van der Waals surface area contributed by atoms with Gasteiger partial charge in [0.05, 0.1) is 31.5 Å². The van der Waals surface area contributed by atoms with Crippen molar-refractivity contribution in [1.82, 2.24) is 0 Å². The molecule has 4 aliphatic carbocycles. The molecule has 0 unspecified atom stereocenters. The number of hydrogen-bond acceptors (Lipinski definition) is 19. The van der Waals surface area contributed by atoms with Crippen LogP contribution in [0.1, 0.15) is 71.6 Å². The molecule has 19 nitrogen and oxygen atoms in total. The quantitative estimate of drug-likeness (QED) is 0.0775. The Morgan fingerprint density at radius 2 is 1.22 bits per heavy atom. The van der Waals surface area contributed by atoms with Gasteiger partial charge in [-0.3, -0.25) is 0 Å². The third kappa shape index (κ3) is 7.59. The van der Waals surface area contributed by atoms with Gasteiger partial charge < -0.3 is 89.3 Å². The first kappa shape index (κ1) is 45.1. The average molecular weight is 861 g/mol. The lowest BCUT2D eigenvalue weighted by Crippen LogP contribution is -2.63. The molecule has 0 bridgehead atoms. The maximum atomic E-state index is 12.6. The highest BCUT2D eigenvalue weighted by molar-refractivity contribution is 5.85. The number of esters is 1. The topological polar surface area (TPSA) is 304 Å². The molecule has 0 aromatic heterocycles. The molecule has 23 atom stereocenters. The molecule has 342 valence electrons. The van der Waals surface area contributed by atoms with Crippen LogP contribution in [0.25, 0.3) is 0 Å². The molecule has 0 amide bonds. The second kappa shape index (κ2) is 17.2. The number of rotatable bonds is 10. The average Bonchev–Trinajstić information content (AvgIpc) is 3.78. The molecule has 8 rings (SSSR count). The van der Waals surface area contributed by atoms with E-state index < -0.39 is 118 Å². The van der Waals surface area contributed by atoms with Gasteiger partial charge in [-0.05, 0) is 92.4 Å². The second-order valence-corrected chi connectivity index (χ2v) is 19.2. The van der Waals surface area contributed by atoms with Crippen LogP contribution in [-0.4, -0.2) is 192 Å². The first-order valence-corrected chi connectivity index (χ1v) is 21.6. The lowest BCUT2D eigenvalue weighted by atomic mass is 9.43. The lowest BCUT2D eigenvalue weighted by Gasteiger charge is -2.64. The zero-order valence-electron chi connectivity index (χ0n) is 34.0. The molecule has 0 aromatic carbocycles. The molecule has 8 aliphatic rings. The van der Waals surface area contributed by atoms with Crippen LogP contribution in [0.2, 0.25) is 0 Å². The van der Waals surface area contributed by atoms with Gasteiger partial charge in [0.2, 0.25) is 0 Å². The van der Waals surface area contributed by atoms with Crippen LogP contribution in [0.5, 0.6) is 0 Å². The van der Waals surface area contributed by atoms with E-state index >= 15 is 0 Å². The van der Waals surface area contributed by atoms with E-state index in [1.807, 2.05) is 0 Å². The lowest BCUT2D eigenvalue weighted by molar-refractivity contribution is -0.346. The number of aliphatic hydroxyl groups excluding tert-OH is 10. The monoisotopic (exact) mass is 860 g/mol. The molecule has 4 heterocycles. The molecule has 0 spiro atoms. The highest BCUT2D eigenvalue weighted by Gasteiger charge is 2.68. The molecule has 4 aliphatic heterocycles. The van der Waals surface area contributed by atoms with Gasteiger partial charge in [-0.1, -0.05) is 13.8 Å². The van der Waals surface area contributed by atoms with Crippen LogP contribution in [0.15, 0.2) is 11.6 Å². The zero-order valence-corrected chi connectivity index (χ0v) is 34.0. The Bertz CT molecular complexity index is 1570. The standard InChI is InChI=1S/C41H64O19/c1-39-8-5-19(12-18(39)3-4-22-21(39)6-9-40(2)20(7-10-41(22,40)53)17-11-26(43)54-14-17)57-38-35(52)32(49)29(46)25(60-38)16-56-37-34(51)31(48)28(45)24(59-37)15-55-36-33(50)30(47)27(44)23(13-42)58-36/h11,18-25,27-38,42,44-53H,3-10,12-16H2,1-2H3/t18-,19-,20-,21+,22-,23+,24+,25-,27-,28+,29-,30-,31-,32+,33-,34-,35-,36+,37+,38-,39+,40-,41-/m0/s1. The SMILES string of the molecule is C[C@@]12CC[C@H](O[C@H]3O[C@@H](CO[C@@H]4O[C@H](CO[C@@H]5O[C@H](CO)[C@H](O)[C@H](O)[C@@H]5O)[C@@H](O)[C@H](O)[C@@H]4O)[C@H](O)[C@@H](O)[C@@H]3O)C[C@@H]1CC[C@H]1[C@H]2CC[C@@]2(C)[C@H](C3=CC(=O)OC3)CC[C@]12O. The molecule has 60 heavy (non-hydrogen) atoms. The maximum Gasteiger partial charge on any atom is 0.331 e. The van der Waals surface area contributed by atoms with Crippen LogP contribution in [0.4, 0.5) is 0 Å². The summed E-state index contributed by atoms with van der Waals surface area (Å²) in [5.74, 6) is 0.499. The van der Waals surface area contributed by atoms with Crippen LogP contribution in [0.3, 0.4) is 0 Å². The minimum Gasteiger partial charge on any atom is -0.458 e. The van der Waals surface area contributed by atoms with Gasteiger partial charge in [0.1, 0.15) is 79.9 Å². The van der Waals surface area contributed by atoms with Gasteiger partial charge in [-0.2, -0.15) is 0 Å². The summed E-state index contributed by atoms with van der Waals surface area (Å²) in [6.07, 6.45) is -15.3. The number of ether oxygens (including phenoxy) is 7. The second-order valence-electron chi connectivity index (χ2n) is 19.2. The summed E-state index contributed by atoms with van der Waals surface area (Å²) < 4.78 is 39.8. The van der Waals surface area contributed by atoms with E-state index in [2.05, 4.69) is 13.8 Å². The molecule has 19 heteroatoms. The fourth-order valence-electron chi connectivity index (χ4n) is 12.6. The van der Waals surface area contributed by atoms with Gasteiger partial charge in [0.25, 0.3) is 0 Å². The fraction of sp³-hybridized carbons (Fsp3) is 0.927. The number of carbonyl (C=O) groups excluding carboxylic acids is 1. The highest BCUT2D eigenvalue weighted by Crippen LogP contribution is 2.70. The van der Waals surface area contributed by atoms with E-state index in [1.54, 1.807) is 6.08 Å². The largest absolute Gasteiger partial charge is 0.458 e. The predicted molar refractivity (Wildman–Crippen MR) is 200 cm³/mol. The summed E-state index contributed by atoms with van der Waals surface area (Å²) in [4.78, 5) is 11.9. The molecular formula is C41H64O19.